The fraction of sp³-hybridized carbons (Fsp3) is 0.385. The number of amides is 1. The van der Waals surface area contributed by atoms with Crippen molar-refractivity contribution < 1.29 is 4.79 Å². The van der Waals surface area contributed by atoms with Crippen LogP contribution in [-0.4, -0.2) is 23.9 Å². The smallest absolute Gasteiger partial charge is 0.253 e. The molecule has 1 aromatic carbocycles. The molecule has 3 nitrogen and oxygen atoms in total. The van der Waals surface area contributed by atoms with Crippen LogP contribution in [0.4, 0.5) is 0 Å². The Morgan fingerprint density at radius 1 is 1.44 bits per heavy atom. The highest BCUT2D eigenvalue weighted by Crippen LogP contribution is 2.25. The lowest BCUT2D eigenvalue weighted by Crippen LogP contribution is -2.38. The maximum atomic E-state index is 12.2. The van der Waals surface area contributed by atoms with Gasteiger partial charge < -0.3 is 4.90 Å². The third kappa shape index (κ3) is 2.85. The molecule has 1 heterocycles. The van der Waals surface area contributed by atoms with E-state index in [2.05, 4.69) is 22.0 Å². The summed E-state index contributed by atoms with van der Waals surface area (Å²) in [7, 11) is 0. The van der Waals surface area contributed by atoms with Crippen LogP contribution in [0, 0.1) is 17.2 Å². The number of nitrogens with zero attached hydrogens (tertiary/aromatic N) is 2. The van der Waals surface area contributed by atoms with Gasteiger partial charge in [-0.1, -0.05) is 11.6 Å². The minimum atomic E-state index is -0.0132. The Bertz CT molecular complexity index is 504. The molecule has 1 aromatic rings. The Kier molecular flexibility index (Phi) is 4.26. The van der Waals surface area contributed by atoms with Crippen LogP contribution in [0.1, 0.15) is 23.2 Å². The van der Waals surface area contributed by atoms with Crippen molar-refractivity contribution in [3.8, 4) is 6.07 Å². The molecule has 2 rings (SSSR count). The molecule has 18 heavy (non-hydrogen) atoms. The summed E-state index contributed by atoms with van der Waals surface area (Å²) in [5, 5.41) is 9.36. The number of hydrogen-bond acceptors (Lipinski definition) is 2. The van der Waals surface area contributed by atoms with Gasteiger partial charge in [0.1, 0.15) is 0 Å². The van der Waals surface area contributed by atoms with Gasteiger partial charge in [0.15, 0.2) is 0 Å². The average molecular weight is 328 g/mol. The van der Waals surface area contributed by atoms with E-state index in [0.29, 0.717) is 23.7 Å². The Morgan fingerprint density at radius 3 is 2.67 bits per heavy atom. The van der Waals surface area contributed by atoms with Gasteiger partial charge in [-0.05, 0) is 47.0 Å². The van der Waals surface area contributed by atoms with Crippen molar-refractivity contribution in [3.05, 3.63) is 33.3 Å². The standard InChI is InChI=1S/C13H12BrClN2O/c14-11-2-1-10(7-12(11)15)13(18)17-5-3-9(8-16)4-6-17/h1-2,7,9H,3-6H2. The predicted molar refractivity (Wildman–Crippen MR) is 73.4 cm³/mol. The molecule has 1 aliphatic heterocycles. The molecule has 1 amide bonds. The number of benzene rings is 1. The van der Waals surface area contributed by atoms with Crippen LogP contribution in [-0.2, 0) is 0 Å². The van der Waals surface area contributed by atoms with Crippen LogP contribution in [0.15, 0.2) is 22.7 Å². The first-order chi connectivity index (χ1) is 8.61. The van der Waals surface area contributed by atoms with Crippen molar-refractivity contribution in [1.29, 1.82) is 5.26 Å². The van der Waals surface area contributed by atoms with E-state index in [9.17, 15) is 4.79 Å². The highest BCUT2D eigenvalue weighted by atomic mass is 79.9. The van der Waals surface area contributed by atoms with Crippen molar-refractivity contribution in [2.45, 2.75) is 12.8 Å². The van der Waals surface area contributed by atoms with Crippen molar-refractivity contribution in [2.75, 3.05) is 13.1 Å². The van der Waals surface area contributed by atoms with Gasteiger partial charge in [-0.25, -0.2) is 0 Å². The lowest BCUT2D eigenvalue weighted by Gasteiger charge is -2.29. The van der Waals surface area contributed by atoms with Crippen molar-refractivity contribution in [1.82, 2.24) is 4.90 Å². The van der Waals surface area contributed by atoms with E-state index in [1.807, 2.05) is 0 Å². The summed E-state index contributed by atoms with van der Waals surface area (Å²) in [6.07, 6.45) is 1.51. The van der Waals surface area contributed by atoms with Crippen LogP contribution < -0.4 is 0 Å². The van der Waals surface area contributed by atoms with Crippen molar-refractivity contribution in [3.63, 3.8) is 0 Å². The van der Waals surface area contributed by atoms with E-state index in [0.717, 1.165) is 17.3 Å². The van der Waals surface area contributed by atoms with Crippen molar-refractivity contribution >= 4 is 33.4 Å². The first-order valence-corrected chi connectivity index (χ1v) is 6.93. The first-order valence-electron chi connectivity index (χ1n) is 5.75. The maximum absolute atomic E-state index is 12.2. The molecule has 0 saturated carbocycles. The lowest BCUT2D eigenvalue weighted by molar-refractivity contribution is 0.0707. The average Bonchev–Trinajstić information content (AvgIpc) is 2.41. The summed E-state index contributed by atoms with van der Waals surface area (Å²) >= 11 is 9.28. The number of likely N-dealkylation sites (tertiary alicyclic amines) is 1. The summed E-state index contributed by atoms with van der Waals surface area (Å²) in [5.41, 5.74) is 0.596. The fourth-order valence-electron chi connectivity index (χ4n) is 2.02. The molecule has 0 bridgehead atoms. The normalized spacial score (nSPS) is 16.4. The fourth-order valence-corrected chi connectivity index (χ4v) is 2.45. The lowest BCUT2D eigenvalue weighted by atomic mass is 9.98. The third-order valence-electron chi connectivity index (χ3n) is 3.13. The third-order valence-corrected chi connectivity index (χ3v) is 4.36. The molecule has 1 aliphatic rings. The zero-order valence-corrected chi connectivity index (χ0v) is 12.0. The van der Waals surface area contributed by atoms with Crippen LogP contribution in [0.25, 0.3) is 0 Å². The van der Waals surface area contributed by atoms with Crippen molar-refractivity contribution in [2.24, 2.45) is 5.92 Å². The van der Waals surface area contributed by atoms with E-state index in [1.54, 1.807) is 23.1 Å². The Hall–Kier alpha value is -1.05. The molecule has 0 atom stereocenters. The zero-order chi connectivity index (χ0) is 13.1. The second-order valence-electron chi connectivity index (χ2n) is 4.32. The molecule has 0 N–H and O–H groups in total. The molecule has 0 aromatic heterocycles. The minimum absolute atomic E-state index is 0.0132. The quantitative estimate of drug-likeness (QED) is 0.792. The molecular formula is C13H12BrClN2O. The summed E-state index contributed by atoms with van der Waals surface area (Å²) in [6.45, 7) is 1.29. The Balaban J connectivity index is 2.08. The van der Waals surface area contributed by atoms with Crippen LogP contribution in [0.3, 0.4) is 0 Å². The molecule has 0 radical (unpaired) electrons. The molecule has 1 saturated heterocycles. The number of carbonyl (C=O) groups is 1. The SMILES string of the molecule is N#CC1CCN(C(=O)c2ccc(Br)c(Cl)c2)CC1. The predicted octanol–water partition coefficient (Wildman–Crippen LogP) is 3.48. The topological polar surface area (TPSA) is 44.1 Å². The molecule has 0 unspecified atom stereocenters. The molecule has 94 valence electrons. The van der Waals surface area contributed by atoms with Gasteiger partial charge in [0.2, 0.25) is 0 Å². The van der Waals surface area contributed by atoms with E-state index in [-0.39, 0.29) is 11.8 Å². The Labute approximate surface area is 119 Å². The highest BCUT2D eigenvalue weighted by Gasteiger charge is 2.23. The van der Waals surface area contributed by atoms with E-state index in [1.165, 1.54) is 0 Å². The van der Waals surface area contributed by atoms with Crippen LogP contribution >= 0.6 is 27.5 Å². The highest BCUT2D eigenvalue weighted by molar-refractivity contribution is 9.10. The van der Waals surface area contributed by atoms with Gasteiger partial charge in [0.05, 0.1) is 11.1 Å². The van der Waals surface area contributed by atoms with Gasteiger partial charge in [-0.2, -0.15) is 5.26 Å². The number of carbonyl (C=O) groups excluding carboxylic acids is 1. The summed E-state index contributed by atoms with van der Waals surface area (Å²) in [5.74, 6) is 0.0725. The first kappa shape index (κ1) is 13.4. The molecule has 0 aliphatic carbocycles. The van der Waals surface area contributed by atoms with Gasteiger partial charge >= 0.3 is 0 Å². The Morgan fingerprint density at radius 2 is 2.11 bits per heavy atom. The van der Waals surface area contributed by atoms with E-state index in [4.69, 9.17) is 16.9 Å². The molecule has 1 fully saturated rings. The summed E-state index contributed by atoms with van der Waals surface area (Å²) in [6, 6.07) is 7.46. The van der Waals surface area contributed by atoms with E-state index < -0.39 is 0 Å². The van der Waals surface area contributed by atoms with Crippen LogP contribution in [0.5, 0.6) is 0 Å². The number of rotatable bonds is 1. The number of halogens is 2. The van der Waals surface area contributed by atoms with Gasteiger partial charge in [0, 0.05) is 29.0 Å². The monoisotopic (exact) mass is 326 g/mol. The molecular weight excluding hydrogens is 316 g/mol. The van der Waals surface area contributed by atoms with E-state index >= 15 is 0 Å². The number of hydrogen-bond donors (Lipinski definition) is 0. The second-order valence-corrected chi connectivity index (χ2v) is 5.59. The summed E-state index contributed by atoms with van der Waals surface area (Å²) < 4.78 is 0.781. The minimum Gasteiger partial charge on any atom is -0.339 e. The van der Waals surface area contributed by atoms with Gasteiger partial charge in [-0.3, -0.25) is 4.79 Å². The molecule has 0 spiro atoms. The van der Waals surface area contributed by atoms with Gasteiger partial charge in [0.25, 0.3) is 5.91 Å². The van der Waals surface area contributed by atoms with Crippen LogP contribution in [0.2, 0.25) is 5.02 Å². The van der Waals surface area contributed by atoms with Gasteiger partial charge in [-0.15, -0.1) is 0 Å². The summed E-state index contributed by atoms with van der Waals surface area (Å²) in [4.78, 5) is 14.0. The zero-order valence-electron chi connectivity index (χ0n) is 9.70. The largest absolute Gasteiger partial charge is 0.339 e. The molecule has 5 heteroatoms. The maximum Gasteiger partial charge on any atom is 0.253 e. The second kappa shape index (κ2) is 5.73. The number of piperidine rings is 1. The number of nitriles is 1.